The summed E-state index contributed by atoms with van der Waals surface area (Å²) in [5, 5.41) is 2.27. The molecule has 19 heavy (non-hydrogen) atoms. The molecule has 2 aliphatic rings. The number of hydrogen-bond donors (Lipinski definition) is 1. The first kappa shape index (κ1) is 11.8. The first-order chi connectivity index (χ1) is 9.06. The lowest BCUT2D eigenvalue weighted by Crippen LogP contribution is -2.52. The number of carbonyl (C=O) groups is 3. The van der Waals surface area contributed by atoms with E-state index in [2.05, 4.69) is 10.3 Å². The summed E-state index contributed by atoms with van der Waals surface area (Å²) in [4.78, 5) is 40.9. The molecule has 1 aromatic heterocycles. The molecule has 0 bridgehead atoms. The smallest absolute Gasteiger partial charge is 0.273 e. The van der Waals surface area contributed by atoms with Gasteiger partial charge in [-0.15, -0.1) is 0 Å². The Morgan fingerprint density at radius 3 is 2.84 bits per heavy atom. The van der Waals surface area contributed by atoms with Crippen LogP contribution in [-0.4, -0.2) is 33.6 Å². The van der Waals surface area contributed by atoms with Crippen LogP contribution in [0.4, 0.5) is 0 Å². The highest BCUT2D eigenvalue weighted by Gasteiger charge is 2.39. The Bertz CT molecular complexity index is 597. The van der Waals surface area contributed by atoms with Crippen molar-refractivity contribution >= 4 is 17.7 Å². The molecule has 0 radical (unpaired) electrons. The van der Waals surface area contributed by atoms with Gasteiger partial charge in [-0.3, -0.25) is 19.7 Å². The third-order valence-corrected chi connectivity index (χ3v) is 3.51. The highest BCUT2D eigenvalue weighted by Crippen LogP contribution is 2.26. The van der Waals surface area contributed by atoms with Crippen LogP contribution in [0.2, 0.25) is 0 Å². The zero-order chi connectivity index (χ0) is 13.6. The molecule has 0 saturated carbocycles. The summed E-state index contributed by atoms with van der Waals surface area (Å²) in [5.74, 6) is -0.901. The monoisotopic (exact) mass is 259 g/mol. The highest BCUT2D eigenvalue weighted by atomic mass is 16.2. The van der Waals surface area contributed by atoms with Crippen molar-refractivity contribution in [3.8, 4) is 0 Å². The molecule has 2 aliphatic heterocycles. The number of nitrogens with one attached hydrogen (secondary N) is 1. The van der Waals surface area contributed by atoms with Gasteiger partial charge in [-0.05, 0) is 19.4 Å². The Labute approximate surface area is 109 Å². The minimum absolute atomic E-state index is 0.229. The molecule has 3 amide bonds. The van der Waals surface area contributed by atoms with Crippen molar-refractivity contribution in [2.45, 2.75) is 32.4 Å². The van der Waals surface area contributed by atoms with E-state index in [9.17, 15) is 14.4 Å². The molecule has 98 valence electrons. The van der Waals surface area contributed by atoms with Crippen molar-refractivity contribution in [1.82, 2.24) is 15.2 Å². The summed E-state index contributed by atoms with van der Waals surface area (Å²) in [6.45, 7) is 2.20. The Morgan fingerprint density at radius 2 is 2.11 bits per heavy atom. The van der Waals surface area contributed by atoms with Crippen molar-refractivity contribution < 1.29 is 14.4 Å². The zero-order valence-electron chi connectivity index (χ0n) is 10.5. The second-order valence-corrected chi connectivity index (χ2v) is 4.86. The van der Waals surface area contributed by atoms with Crippen molar-refractivity contribution in [2.24, 2.45) is 0 Å². The van der Waals surface area contributed by atoms with E-state index < -0.39 is 11.9 Å². The molecule has 0 aromatic carbocycles. The van der Waals surface area contributed by atoms with E-state index in [-0.39, 0.29) is 18.2 Å². The maximum atomic E-state index is 12.3. The van der Waals surface area contributed by atoms with Gasteiger partial charge in [0.1, 0.15) is 11.7 Å². The van der Waals surface area contributed by atoms with E-state index in [4.69, 9.17) is 0 Å². The number of imide groups is 1. The number of aryl methyl sites for hydroxylation is 1. The first-order valence-corrected chi connectivity index (χ1v) is 6.17. The number of aromatic nitrogens is 1. The Balaban J connectivity index is 1.88. The van der Waals surface area contributed by atoms with E-state index in [0.29, 0.717) is 18.7 Å². The van der Waals surface area contributed by atoms with Crippen LogP contribution in [0.3, 0.4) is 0 Å². The molecule has 1 saturated heterocycles. The molecule has 1 N–H and O–H groups in total. The minimum atomic E-state index is -0.570. The number of carbonyl (C=O) groups excluding carboxylic acids is 3. The normalized spacial score (nSPS) is 22.5. The van der Waals surface area contributed by atoms with Gasteiger partial charge in [-0.25, -0.2) is 4.98 Å². The van der Waals surface area contributed by atoms with Crippen molar-refractivity contribution in [3.63, 3.8) is 0 Å². The van der Waals surface area contributed by atoms with Crippen molar-refractivity contribution in [1.29, 1.82) is 0 Å². The lowest BCUT2D eigenvalue weighted by atomic mass is 10.0. The molecule has 1 atom stereocenters. The van der Waals surface area contributed by atoms with Gasteiger partial charge in [0, 0.05) is 24.2 Å². The summed E-state index contributed by atoms with van der Waals surface area (Å²) >= 11 is 0. The Hall–Kier alpha value is -2.24. The number of amides is 3. The van der Waals surface area contributed by atoms with E-state index >= 15 is 0 Å². The number of nitrogens with zero attached hydrogens (tertiary/aromatic N) is 2. The molecular weight excluding hydrogens is 246 g/mol. The van der Waals surface area contributed by atoms with Crippen LogP contribution in [-0.2, 0) is 16.1 Å². The fourth-order valence-electron chi connectivity index (χ4n) is 2.52. The minimum Gasteiger partial charge on any atom is -0.321 e. The maximum Gasteiger partial charge on any atom is 0.273 e. The van der Waals surface area contributed by atoms with Gasteiger partial charge in [0.15, 0.2) is 0 Å². The van der Waals surface area contributed by atoms with Gasteiger partial charge in [-0.2, -0.15) is 0 Å². The fraction of sp³-hybridized carbons (Fsp3) is 0.385. The predicted molar refractivity (Wildman–Crippen MR) is 65.0 cm³/mol. The van der Waals surface area contributed by atoms with Gasteiger partial charge in [0.25, 0.3) is 5.91 Å². The summed E-state index contributed by atoms with van der Waals surface area (Å²) in [6.07, 6.45) is 0.645. The van der Waals surface area contributed by atoms with Crippen LogP contribution in [0.25, 0.3) is 0 Å². The number of piperidine rings is 1. The molecule has 1 unspecified atom stereocenters. The van der Waals surface area contributed by atoms with Crippen molar-refractivity contribution in [2.75, 3.05) is 0 Å². The van der Waals surface area contributed by atoms with Crippen LogP contribution in [0.1, 0.15) is 34.6 Å². The largest absolute Gasteiger partial charge is 0.321 e. The first-order valence-electron chi connectivity index (χ1n) is 6.17. The molecule has 6 heteroatoms. The van der Waals surface area contributed by atoms with Gasteiger partial charge < -0.3 is 4.90 Å². The average Bonchev–Trinajstić information content (AvgIpc) is 2.67. The summed E-state index contributed by atoms with van der Waals surface area (Å²) in [7, 11) is 0. The van der Waals surface area contributed by atoms with Gasteiger partial charge in [0.05, 0.1) is 0 Å². The Morgan fingerprint density at radius 1 is 1.32 bits per heavy atom. The number of pyridine rings is 1. The number of fused-ring (bicyclic) bond motifs is 1. The van der Waals surface area contributed by atoms with Crippen LogP contribution in [0.5, 0.6) is 0 Å². The topological polar surface area (TPSA) is 79.4 Å². The molecule has 0 aliphatic carbocycles. The maximum absolute atomic E-state index is 12.3. The molecule has 3 heterocycles. The van der Waals surface area contributed by atoms with Gasteiger partial charge in [-0.1, -0.05) is 6.07 Å². The third-order valence-electron chi connectivity index (χ3n) is 3.51. The second kappa shape index (κ2) is 4.15. The highest BCUT2D eigenvalue weighted by molar-refractivity contribution is 6.04. The van der Waals surface area contributed by atoms with Gasteiger partial charge >= 0.3 is 0 Å². The number of hydrogen-bond acceptors (Lipinski definition) is 4. The van der Waals surface area contributed by atoms with E-state index in [1.165, 1.54) is 4.90 Å². The van der Waals surface area contributed by atoms with E-state index in [1.54, 1.807) is 0 Å². The van der Waals surface area contributed by atoms with E-state index in [0.717, 1.165) is 11.3 Å². The quantitative estimate of drug-likeness (QED) is 0.728. The SMILES string of the molecule is Cc1ccc2c(n1)C(=O)N(C1CCC(=O)NC1=O)C2. The molecule has 1 fully saturated rings. The van der Waals surface area contributed by atoms with Crippen LogP contribution in [0, 0.1) is 6.92 Å². The molecule has 3 rings (SSSR count). The molecule has 1 aromatic rings. The van der Waals surface area contributed by atoms with Crippen LogP contribution >= 0.6 is 0 Å². The van der Waals surface area contributed by atoms with Crippen LogP contribution < -0.4 is 5.32 Å². The van der Waals surface area contributed by atoms with Gasteiger partial charge in [0.2, 0.25) is 11.8 Å². The number of rotatable bonds is 1. The summed E-state index contributed by atoms with van der Waals surface area (Å²) < 4.78 is 0. The van der Waals surface area contributed by atoms with Crippen molar-refractivity contribution in [3.05, 3.63) is 29.1 Å². The fourth-order valence-corrected chi connectivity index (χ4v) is 2.52. The third kappa shape index (κ3) is 1.89. The average molecular weight is 259 g/mol. The zero-order valence-corrected chi connectivity index (χ0v) is 10.5. The standard InChI is InChI=1S/C13H13N3O3/c1-7-2-3-8-6-16(13(19)11(8)14-7)9-4-5-10(17)15-12(9)18/h2-3,9H,4-6H2,1H3,(H,15,17,18). The van der Waals surface area contributed by atoms with E-state index in [1.807, 2.05) is 19.1 Å². The summed E-state index contributed by atoms with van der Waals surface area (Å²) in [6, 6.07) is 3.14. The molecular formula is C13H13N3O3. The predicted octanol–water partition coefficient (Wildman–Crippen LogP) is 0.151. The lowest BCUT2D eigenvalue weighted by Gasteiger charge is -2.29. The Kier molecular flexibility index (Phi) is 2.58. The molecule has 6 nitrogen and oxygen atoms in total. The van der Waals surface area contributed by atoms with Crippen LogP contribution in [0.15, 0.2) is 12.1 Å². The second-order valence-electron chi connectivity index (χ2n) is 4.86. The summed E-state index contributed by atoms with van der Waals surface area (Å²) in [5.41, 5.74) is 2.03. The lowest BCUT2D eigenvalue weighted by molar-refractivity contribution is -0.136. The molecule has 0 spiro atoms.